The zero-order valence-corrected chi connectivity index (χ0v) is 29.3. The predicted molar refractivity (Wildman–Crippen MR) is 196 cm³/mol. The van der Waals surface area contributed by atoms with Gasteiger partial charge in [0.25, 0.3) is 0 Å². The Hall–Kier alpha value is -4.76. The molecule has 2 aliphatic heterocycles. The molecule has 5 rings (SSSR count). The molecule has 9 nitrogen and oxygen atoms in total. The van der Waals surface area contributed by atoms with Crippen molar-refractivity contribution in [2.24, 2.45) is 0 Å². The smallest absolute Gasteiger partial charge is 0.305 e. The molecule has 2 atom stereocenters. The minimum atomic E-state index is -0.244. The molecule has 0 spiro atoms. The molecule has 3 aromatic heterocycles. The normalized spacial score (nSPS) is 15.9. The van der Waals surface area contributed by atoms with Crippen LogP contribution in [0.1, 0.15) is 96.4 Å². The van der Waals surface area contributed by atoms with E-state index in [1.807, 2.05) is 31.1 Å². The fourth-order valence-electron chi connectivity index (χ4n) is 6.74. The third-order valence-electron chi connectivity index (χ3n) is 9.76. The number of methoxy groups -OCH3 is 1. The van der Waals surface area contributed by atoms with E-state index < -0.39 is 0 Å². The Morgan fingerprint density at radius 3 is 2.17 bits per heavy atom. The molecule has 1 amide bonds. The number of allylic oxidation sites excluding steroid dienone is 2. The summed E-state index contributed by atoms with van der Waals surface area (Å²) in [5.41, 5.74) is 13.5. The Bertz CT molecular complexity index is 1960. The summed E-state index contributed by atoms with van der Waals surface area (Å²) in [5, 5.41) is 3.04. The van der Waals surface area contributed by atoms with E-state index in [2.05, 4.69) is 80.4 Å². The zero-order chi connectivity index (χ0) is 34.7. The number of nitrogens with zero attached hydrogens (tertiary/aromatic N) is 3. The van der Waals surface area contributed by atoms with E-state index in [1.54, 1.807) is 0 Å². The van der Waals surface area contributed by atoms with Crippen LogP contribution in [0, 0.1) is 13.8 Å². The van der Waals surface area contributed by atoms with Gasteiger partial charge in [-0.05, 0) is 94.2 Å². The summed E-state index contributed by atoms with van der Waals surface area (Å²) in [6.45, 7) is 18.0. The molecular formula is C39H48N6O3. The Balaban J connectivity index is 1.75. The Morgan fingerprint density at radius 1 is 0.896 bits per heavy atom. The minimum Gasteiger partial charge on any atom is -0.469 e. The number of esters is 1. The molecule has 3 N–H and O–H groups in total. The number of aryl methyl sites for hydroxylation is 2. The van der Waals surface area contributed by atoms with E-state index in [1.165, 1.54) is 7.11 Å². The Kier molecular flexibility index (Phi) is 10.5. The summed E-state index contributed by atoms with van der Waals surface area (Å²) in [7, 11) is 5.39. The maximum atomic E-state index is 12.9. The average molecular weight is 649 g/mol. The van der Waals surface area contributed by atoms with Crippen LogP contribution in [0.25, 0.3) is 45.4 Å². The monoisotopic (exact) mass is 648 g/mol. The SMILES string of the molecule is C=Cc1c(C)c2cc3[nH]c(cc4nc(cc5nc(cc1[nH]2)C(C)=C5CCC(=O)NCCN(C)C)C(CCC(=O)OC)C4C)c(C)c3C=C. The van der Waals surface area contributed by atoms with Gasteiger partial charge < -0.3 is 24.9 Å². The number of likely N-dealkylation sites (N-methyl/N-ethyl adjacent to an activating group) is 1. The standard InChI is InChI=1S/C39H48N6O3/c1-10-26-22(3)30-18-31-25(6)29(13-15-39(47)48-9)37(43-31)21-36-28(12-14-38(46)40-16-17-45(7)8)24(5)33(44-36)20-35-27(11-2)23(4)32(42-35)19-34(26)41-30/h10-11,18-21,25,29,41-42H,1-2,12-17H2,3-9H3,(H,40,46). The van der Waals surface area contributed by atoms with E-state index in [4.69, 9.17) is 14.7 Å². The quantitative estimate of drug-likeness (QED) is 0.186. The van der Waals surface area contributed by atoms with E-state index in [0.717, 1.165) is 84.8 Å². The number of hydrogen-bond donors (Lipinski definition) is 3. The summed E-state index contributed by atoms with van der Waals surface area (Å²) in [6, 6.07) is 8.37. The molecule has 0 saturated heterocycles. The molecule has 0 aliphatic carbocycles. The first-order valence-electron chi connectivity index (χ1n) is 16.6. The van der Waals surface area contributed by atoms with Crippen LogP contribution < -0.4 is 5.32 Å². The molecule has 0 fully saturated rings. The summed E-state index contributed by atoms with van der Waals surface area (Å²) in [5.74, 6) is -0.200. The number of aromatic amines is 2. The van der Waals surface area contributed by atoms with Crippen LogP contribution in [0.5, 0.6) is 0 Å². The fraction of sp³-hybridized carbons (Fsp3) is 0.385. The Labute approximate surface area is 283 Å². The molecule has 48 heavy (non-hydrogen) atoms. The van der Waals surface area contributed by atoms with Gasteiger partial charge in [-0.2, -0.15) is 0 Å². The van der Waals surface area contributed by atoms with Crippen molar-refractivity contribution < 1.29 is 14.3 Å². The lowest BCUT2D eigenvalue weighted by Gasteiger charge is -2.15. The van der Waals surface area contributed by atoms with Gasteiger partial charge in [0.05, 0.1) is 18.5 Å². The number of aromatic nitrogens is 4. The first kappa shape index (κ1) is 34.6. The van der Waals surface area contributed by atoms with Crippen molar-refractivity contribution in [3.8, 4) is 0 Å². The molecule has 252 valence electrons. The molecule has 0 aromatic carbocycles. The van der Waals surface area contributed by atoms with Crippen molar-refractivity contribution >= 4 is 57.2 Å². The second-order valence-corrected chi connectivity index (χ2v) is 13.1. The number of carbonyl (C=O) groups is 2. The van der Waals surface area contributed by atoms with E-state index in [9.17, 15) is 9.59 Å². The van der Waals surface area contributed by atoms with E-state index >= 15 is 0 Å². The third kappa shape index (κ3) is 7.06. The van der Waals surface area contributed by atoms with Crippen molar-refractivity contribution in [3.05, 3.63) is 82.5 Å². The average Bonchev–Trinajstić information content (AvgIpc) is 3.71. The summed E-state index contributed by atoms with van der Waals surface area (Å²) >= 11 is 0. The van der Waals surface area contributed by atoms with Gasteiger partial charge in [0.2, 0.25) is 5.91 Å². The van der Waals surface area contributed by atoms with Crippen LogP contribution in [-0.4, -0.2) is 71.0 Å². The molecule has 3 aromatic rings. The summed E-state index contributed by atoms with van der Waals surface area (Å²) < 4.78 is 4.99. The number of nitrogens with one attached hydrogen (secondary N) is 3. The molecule has 2 aliphatic rings. The van der Waals surface area contributed by atoms with Crippen molar-refractivity contribution in [1.82, 2.24) is 30.2 Å². The number of hydrogen-bond acceptors (Lipinski definition) is 6. The van der Waals surface area contributed by atoms with Crippen LogP contribution in [0.3, 0.4) is 0 Å². The van der Waals surface area contributed by atoms with E-state index in [0.29, 0.717) is 25.8 Å². The fourth-order valence-corrected chi connectivity index (χ4v) is 6.74. The molecule has 2 unspecified atom stereocenters. The summed E-state index contributed by atoms with van der Waals surface area (Å²) in [4.78, 5) is 44.8. The lowest BCUT2D eigenvalue weighted by Crippen LogP contribution is -2.31. The van der Waals surface area contributed by atoms with Crippen LogP contribution in [0.15, 0.2) is 37.4 Å². The maximum absolute atomic E-state index is 12.9. The van der Waals surface area contributed by atoms with Crippen LogP contribution in [0.2, 0.25) is 0 Å². The summed E-state index contributed by atoms with van der Waals surface area (Å²) in [6.07, 6.45) is 5.53. The second-order valence-electron chi connectivity index (χ2n) is 13.1. The largest absolute Gasteiger partial charge is 0.469 e. The molecule has 0 saturated carbocycles. The highest BCUT2D eigenvalue weighted by molar-refractivity contribution is 5.94. The van der Waals surface area contributed by atoms with Crippen molar-refractivity contribution in [2.75, 3.05) is 34.3 Å². The van der Waals surface area contributed by atoms with Gasteiger partial charge in [0, 0.05) is 82.3 Å². The van der Waals surface area contributed by atoms with Crippen LogP contribution >= 0.6 is 0 Å². The third-order valence-corrected chi connectivity index (χ3v) is 9.76. The van der Waals surface area contributed by atoms with Gasteiger partial charge in [0.15, 0.2) is 0 Å². The zero-order valence-electron chi connectivity index (χ0n) is 29.3. The molecule has 0 radical (unpaired) electrons. The minimum absolute atomic E-state index is 0.00818. The van der Waals surface area contributed by atoms with Gasteiger partial charge >= 0.3 is 5.97 Å². The lowest BCUT2D eigenvalue weighted by atomic mass is 9.87. The highest BCUT2D eigenvalue weighted by atomic mass is 16.5. The van der Waals surface area contributed by atoms with Gasteiger partial charge in [0.1, 0.15) is 0 Å². The number of carbonyl (C=O) groups excluding carboxylic acids is 2. The van der Waals surface area contributed by atoms with Crippen molar-refractivity contribution in [3.63, 3.8) is 0 Å². The number of H-pyrrole nitrogens is 2. The number of ether oxygens (including phenoxy) is 1. The van der Waals surface area contributed by atoms with E-state index in [-0.39, 0.29) is 30.1 Å². The maximum Gasteiger partial charge on any atom is 0.305 e. The topological polar surface area (TPSA) is 116 Å². The highest BCUT2D eigenvalue weighted by Crippen LogP contribution is 2.41. The number of rotatable bonds is 11. The first-order chi connectivity index (χ1) is 22.9. The highest BCUT2D eigenvalue weighted by Gasteiger charge is 2.30. The number of fused-ring (bicyclic) bond motifs is 8. The molecule has 5 heterocycles. The van der Waals surface area contributed by atoms with Crippen LogP contribution in [0.4, 0.5) is 0 Å². The second kappa shape index (κ2) is 14.6. The van der Waals surface area contributed by atoms with Gasteiger partial charge in [-0.1, -0.05) is 32.2 Å². The lowest BCUT2D eigenvalue weighted by molar-refractivity contribution is -0.140. The predicted octanol–water partition coefficient (Wildman–Crippen LogP) is 7.45. The first-order valence-corrected chi connectivity index (χ1v) is 16.6. The van der Waals surface area contributed by atoms with Crippen molar-refractivity contribution in [1.29, 1.82) is 0 Å². The number of amides is 1. The van der Waals surface area contributed by atoms with Gasteiger partial charge in [-0.15, -0.1) is 0 Å². The van der Waals surface area contributed by atoms with Gasteiger partial charge in [-0.25, -0.2) is 4.98 Å². The molecular weight excluding hydrogens is 600 g/mol. The van der Waals surface area contributed by atoms with Crippen molar-refractivity contribution in [2.45, 2.75) is 65.2 Å². The molecule has 8 bridgehead atoms. The van der Waals surface area contributed by atoms with Gasteiger partial charge in [-0.3, -0.25) is 14.6 Å². The van der Waals surface area contributed by atoms with Crippen LogP contribution in [-0.2, 0) is 14.3 Å². The molecule has 9 heteroatoms. The Morgan fingerprint density at radius 2 is 1.54 bits per heavy atom.